The summed E-state index contributed by atoms with van der Waals surface area (Å²) < 4.78 is 0. The number of nitrogens with one attached hydrogen (secondary N) is 2. The van der Waals surface area contributed by atoms with E-state index in [1.54, 1.807) is 6.07 Å². The Morgan fingerprint density at radius 3 is 2.79 bits per heavy atom. The molecule has 0 heterocycles. The molecule has 0 aliphatic rings. The third-order valence-electron chi connectivity index (χ3n) is 1.70. The molecule has 0 bridgehead atoms. The predicted molar refractivity (Wildman–Crippen MR) is 62.9 cm³/mol. The van der Waals surface area contributed by atoms with Gasteiger partial charge >= 0.3 is 0 Å². The highest BCUT2D eigenvalue weighted by molar-refractivity contribution is 7.80. The van der Waals surface area contributed by atoms with Crippen LogP contribution in [0.1, 0.15) is 5.56 Å². The average Bonchev–Trinajstić information content (AvgIpc) is 2.18. The first-order valence-electron chi connectivity index (χ1n) is 3.94. The summed E-state index contributed by atoms with van der Waals surface area (Å²) in [7, 11) is 0. The standard InChI is InChI=1S/C8H11ClN4S/c9-6-2-1-3-7(5(6)4-10)12-8(14)13-11/h1-3H,4,10-11H2,(H2,12,13,14). The van der Waals surface area contributed by atoms with Crippen LogP contribution >= 0.6 is 23.8 Å². The molecule has 0 amide bonds. The number of hydrogen-bond acceptors (Lipinski definition) is 3. The molecule has 0 aromatic heterocycles. The molecule has 6 N–H and O–H groups in total. The van der Waals surface area contributed by atoms with Crippen molar-refractivity contribution in [2.45, 2.75) is 6.54 Å². The minimum absolute atomic E-state index is 0.321. The summed E-state index contributed by atoms with van der Waals surface area (Å²) in [5.41, 5.74) is 9.45. The van der Waals surface area contributed by atoms with Crippen LogP contribution in [0.15, 0.2) is 18.2 Å². The van der Waals surface area contributed by atoms with Gasteiger partial charge in [0.05, 0.1) is 0 Å². The topological polar surface area (TPSA) is 76.1 Å². The molecule has 0 saturated heterocycles. The molecule has 0 unspecified atom stereocenters. The van der Waals surface area contributed by atoms with Gasteiger partial charge < -0.3 is 16.5 Å². The maximum absolute atomic E-state index is 5.94. The normalized spacial score (nSPS) is 9.64. The lowest BCUT2D eigenvalue weighted by Gasteiger charge is -2.12. The number of thiocarbonyl (C=S) groups is 1. The largest absolute Gasteiger partial charge is 0.331 e. The van der Waals surface area contributed by atoms with Crippen molar-refractivity contribution in [3.63, 3.8) is 0 Å². The molecule has 0 atom stereocenters. The van der Waals surface area contributed by atoms with Gasteiger partial charge in [0.25, 0.3) is 0 Å². The van der Waals surface area contributed by atoms with Crippen LogP contribution in [0.3, 0.4) is 0 Å². The molecule has 6 heteroatoms. The molecule has 0 spiro atoms. The average molecular weight is 231 g/mol. The number of hydrogen-bond donors (Lipinski definition) is 4. The Kier molecular flexibility index (Phi) is 4.09. The number of anilines is 1. The Morgan fingerprint density at radius 1 is 1.50 bits per heavy atom. The number of nitrogens with two attached hydrogens (primary N) is 2. The van der Waals surface area contributed by atoms with Crippen molar-refractivity contribution in [2.75, 3.05) is 5.32 Å². The summed E-state index contributed by atoms with van der Waals surface area (Å²) in [5, 5.41) is 3.81. The monoisotopic (exact) mass is 230 g/mol. The van der Waals surface area contributed by atoms with Crippen LogP contribution in [-0.4, -0.2) is 5.11 Å². The van der Waals surface area contributed by atoms with E-state index in [1.807, 2.05) is 12.1 Å². The van der Waals surface area contributed by atoms with E-state index in [2.05, 4.69) is 10.7 Å². The van der Waals surface area contributed by atoms with Gasteiger partial charge in [0.15, 0.2) is 5.11 Å². The quantitative estimate of drug-likeness (QED) is 0.346. The minimum Gasteiger partial charge on any atom is -0.331 e. The van der Waals surface area contributed by atoms with Gasteiger partial charge in [0.2, 0.25) is 0 Å². The molecular formula is C8H11ClN4S. The van der Waals surface area contributed by atoms with E-state index in [-0.39, 0.29) is 0 Å². The molecule has 0 fully saturated rings. The van der Waals surface area contributed by atoms with E-state index in [0.29, 0.717) is 16.7 Å². The van der Waals surface area contributed by atoms with E-state index in [9.17, 15) is 0 Å². The van der Waals surface area contributed by atoms with Gasteiger partial charge in [-0.3, -0.25) is 0 Å². The van der Waals surface area contributed by atoms with E-state index in [0.717, 1.165) is 11.3 Å². The van der Waals surface area contributed by atoms with Crippen molar-refractivity contribution >= 4 is 34.6 Å². The Labute approximate surface area is 92.6 Å². The summed E-state index contributed by atoms with van der Waals surface area (Å²) in [6, 6.07) is 5.41. The van der Waals surface area contributed by atoms with E-state index < -0.39 is 0 Å². The van der Waals surface area contributed by atoms with Gasteiger partial charge in [-0.05, 0) is 24.4 Å². The van der Waals surface area contributed by atoms with Gasteiger partial charge in [-0.15, -0.1) is 0 Å². The highest BCUT2D eigenvalue weighted by Gasteiger charge is 2.05. The van der Waals surface area contributed by atoms with Crippen LogP contribution in [0.2, 0.25) is 5.02 Å². The molecule has 0 radical (unpaired) electrons. The fourth-order valence-electron chi connectivity index (χ4n) is 1.04. The fourth-order valence-corrected chi connectivity index (χ4v) is 1.40. The highest BCUT2D eigenvalue weighted by Crippen LogP contribution is 2.23. The van der Waals surface area contributed by atoms with Crippen LogP contribution in [0, 0.1) is 0 Å². The zero-order valence-corrected chi connectivity index (χ0v) is 8.95. The van der Waals surface area contributed by atoms with E-state index in [4.69, 9.17) is 35.4 Å². The third kappa shape index (κ3) is 2.55. The van der Waals surface area contributed by atoms with Crippen molar-refractivity contribution in [1.29, 1.82) is 0 Å². The van der Waals surface area contributed by atoms with Crippen LogP contribution in [0.25, 0.3) is 0 Å². The molecule has 1 aromatic rings. The van der Waals surface area contributed by atoms with Gasteiger partial charge in [-0.2, -0.15) is 0 Å². The Hall–Kier alpha value is -0.880. The third-order valence-corrected chi connectivity index (χ3v) is 2.28. The number of hydrazine groups is 1. The minimum atomic E-state index is 0.321. The van der Waals surface area contributed by atoms with Gasteiger partial charge in [0, 0.05) is 22.8 Å². The lowest BCUT2D eigenvalue weighted by molar-refractivity contribution is 1.04. The lowest BCUT2D eigenvalue weighted by atomic mass is 10.2. The fraction of sp³-hybridized carbons (Fsp3) is 0.125. The molecular weight excluding hydrogens is 220 g/mol. The summed E-state index contributed by atoms with van der Waals surface area (Å²) in [5.74, 6) is 5.13. The molecule has 1 rings (SSSR count). The van der Waals surface area contributed by atoms with Crippen LogP contribution in [-0.2, 0) is 6.54 Å². The first-order valence-corrected chi connectivity index (χ1v) is 4.72. The molecule has 76 valence electrons. The lowest BCUT2D eigenvalue weighted by Crippen LogP contribution is -2.34. The Balaban J connectivity index is 2.96. The molecule has 14 heavy (non-hydrogen) atoms. The van der Waals surface area contributed by atoms with Crippen LogP contribution in [0.4, 0.5) is 5.69 Å². The maximum atomic E-state index is 5.94. The second kappa shape index (κ2) is 5.11. The first-order chi connectivity index (χ1) is 6.69. The van der Waals surface area contributed by atoms with E-state index >= 15 is 0 Å². The molecule has 1 aromatic carbocycles. The molecule has 0 aliphatic heterocycles. The van der Waals surface area contributed by atoms with Crippen LogP contribution in [0.5, 0.6) is 0 Å². The summed E-state index contributed by atoms with van der Waals surface area (Å²) in [4.78, 5) is 0. The highest BCUT2D eigenvalue weighted by atomic mass is 35.5. The van der Waals surface area contributed by atoms with Crippen molar-refractivity contribution in [3.8, 4) is 0 Å². The zero-order chi connectivity index (χ0) is 10.6. The SMILES string of the molecule is NCc1c(Cl)cccc1NC(=S)NN. The maximum Gasteiger partial charge on any atom is 0.185 e. The van der Waals surface area contributed by atoms with Gasteiger partial charge in [0.1, 0.15) is 0 Å². The number of benzene rings is 1. The summed E-state index contributed by atoms with van der Waals surface area (Å²) in [6.07, 6.45) is 0. The van der Waals surface area contributed by atoms with Crippen molar-refractivity contribution < 1.29 is 0 Å². The van der Waals surface area contributed by atoms with Gasteiger partial charge in [-0.25, -0.2) is 5.84 Å². The first kappa shape index (κ1) is 11.2. The van der Waals surface area contributed by atoms with E-state index in [1.165, 1.54) is 0 Å². The van der Waals surface area contributed by atoms with Crippen molar-refractivity contribution in [3.05, 3.63) is 28.8 Å². The summed E-state index contributed by atoms with van der Waals surface area (Å²) >= 11 is 10.8. The summed E-state index contributed by atoms with van der Waals surface area (Å²) in [6.45, 7) is 0.342. The van der Waals surface area contributed by atoms with Crippen molar-refractivity contribution in [1.82, 2.24) is 5.43 Å². The van der Waals surface area contributed by atoms with Crippen molar-refractivity contribution in [2.24, 2.45) is 11.6 Å². The molecule has 0 aliphatic carbocycles. The second-order valence-corrected chi connectivity index (χ2v) is 3.38. The molecule has 4 nitrogen and oxygen atoms in total. The number of rotatable bonds is 2. The number of halogens is 1. The Morgan fingerprint density at radius 2 is 2.21 bits per heavy atom. The van der Waals surface area contributed by atoms with Gasteiger partial charge in [-0.1, -0.05) is 17.7 Å². The Bertz CT molecular complexity index is 342. The molecule has 0 saturated carbocycles. The zero-order valence-electron chi connectivity index (χ0n) is 7.38. The predicted octanol–water partition coefficient (Wildman–Crippen LogP) is 0.959. The smallest absolute Gasteiger partial charge is 0.185 e. The van der Waals surface area contributed by atoms with Crippen LogP contribution < -0.4 is 22.3 Å². The second-order valence-electron chi connectivity index (χ2n) is 2.57.